The maximum atomic E-state index is 2.73. The molecular formula is C70H41BN2. The average Bonchev–Trinajstić information content (AvgIpc) is 3.80. The van der Waals surface area contributed by atoms with Crippen molar-refractivity contribution in [2.75, 3.05) is 4.90 Å². The van der Waals surface area contributed by atoms with E-state index < -0.39 is 0 Å². The zero-order valence-electron chi connectivity index (χ0n) is 39.6. The third-order valence-electron chi connectivity index (χ3n) is 16.6. The third kappa shape index (κ3) is 5.33. The lowest BCUT2D eigenvalue weighted by Gasteiger charge is -2.41. The lowest BCUT2D eigenvalue weighted by molar-refractivity contribution is 1.27. The molecule has 0 bridgehead atoms. The van der Waals surface area contributed by atoms with E-state index in [1.165, 1.54) is 153 Å². The number of hydrogen-bond acceptors (Lipinski definition) is 1. The van der Waals surface area contributed by atoms with Crippen LogP contribution in [0.1, 0.15) is 0 Å². The first-order chi connectivity index (χ1) is 36.2. The van der Waals surface area contributed by atoms with Crippen molar-refractivity contribution < 1.29 is 0 Å². The predicted molar refractivity (Wildman–Crippen MR) is 313 cm³/mol. The molecule has 334 valence electrons. The molecule has 0 radical (unpaired) electrons. The van der Waals surface area contributed by atoms with Crippen LogP contribution in [-0.2, 0) is 0 Å². The summed E-state index contributed by atoms with van der Waals surface area (Å²) in [5.41, 5.74) is 16.2. The Hall–Kier alpha value is -9.44. The Kier molecular flexibility index (Phi) is 7.85. The van der Waals surface area contributed by atoms with Gasteiger partial charge in [0.1, 0.15) is 0 Å². The Morgan fingerprint density at radius 3 is 1.40 bits per heavy atom. The van der Waals surface area contributed by atoms with Crippen LogP contribution in [0.5, 0.6) is 0 Å². The van der Waals surface area contributed by atoms with E-state index in [9.17, 15) is 0 Å². The van der Waals surface area contributed by atoms with Gasteiger partial charge in [-0.2, -0.15) is 0 Å². The molecule has 3 heterocycles. The summed E-state index contributed by atoms with van der Waals surface area (Å²) in [5.74, 6) is 0. The smallest absolute Gasteiger partial charge is 0.333 e. The number of rotatable bonds is 3. The second kappa shape index (κ2) is 14.6. The number of hydrogen-bond donors (Lipinski definition) is 0. The number of fused-ring (bicyclic) bond motifs is 21. The van der Waals surface area contributed by atoms with E-state index in [1.54, 1.807) is 0 Å². The lowest BCUT2D eigenvalue weighted by atomic mass is 9.44. The standard InChI is InChI=1S/C70H41BN2/c1-3-17-42(18-4-1)44-31-34-65-61(35-44)62-36-46(43-19-5-2-6-20-43)37-63-68-48-22-8-7-21-45(48)38-67-69(68)71(73(65)70(62)63)64-40-59-55-29-15-12-25-51(55)52-26-13-16-30-56(52)60(59)41-66(64)72(67)47-32-33-57-53-27-10-9-23-49(53)50-24-11-14-28-54(50)58(57)39-47/h1-41H. The van der Waals surface area contributed by atoms with Crippen molar-refractivity contribution in [3.63, 3.8) is 0 Å². The maximum absolute atomic E-state index is 2.73. The second-order valence-electron chi connectivity index (χ2n) is 20.3. The first-order valence-electron chi connectivity index (χ1n) is 25.5. The van der Waals surface area contributed by atoms with Crippen LogP contribution in [0, 0.1) is 0 Å². The molecule has 1 aromatic heterocycles. The zero-order chi connectivity index (χ0) is 47.5. The Balaban J connectivity index is 1.07. The van der Waals surface area contributed by atoms with E-state index in [2.05, 4.69) is 258 Å². The molecule has 17 rings (SSSR count). The van der Waals surface area contributed by atoms with Crippen molar-refractivity contribution >= 4 is 132 Å². The van der Waals surface area contributed by atoms with Gasteiger partial charge in [-0.3, -0.25) is 0 Å². The van der Waals surface area contributed by atoms with E-state index in [0.29, 0.717) is 0 Å². The second-order valence-corrected chi connectivity index (χ2v) is 20.3. The van der Waals surface area contributed by atoms with Crippen molar-refractivity contribution in [1.29, 1.82) is 0 Å². The predicted octanol–water partition coefficient (Wildman–Crippen LogP) is 17.6. The van der Waals surface area contributed by atoms with Crippen molar-refractivity contribution in [2.24, 2.45) is 0 Å². The summed E-state index contributed by atoms with van der Waals surface area (Å²) in [6.07, 6.45) is 0. The summed E-state index contributed by atoms with van der Waals surface area (Å²) in [5, 5.41) is 20.3. The van der Waals surface area contributed by atoms with Gasteiger partial charge in [0.2, 0.25) is 0 Å². The van der Waals surface area contributed by atoms with Gasteiger partial charge in [-0.15, -0.1) is 0 Å². The van der Waals surface area contributed by atoms with Crippen molar-refractivity contribution in [2.45, 2.75) is 0 Å². The Bertz CT molecular complexity index is 4880. The van der Waals surface area contributed by atoms with Gasteiger partial charge in [0.15, 0.2) is 0 Å². The van der Waals surface area contributed by atoms with Gasteiger partial charge < -0.3 is 9.38 Å². The monoisotopic (exact) mass is 920 g/mol. The minimum Gasteiger partial charge on any atom is -0.375 e. The van der Waals surface area contributed by atoms with Gasteiger partial charge in [0.05, 0.1) is 0 Å². The summed E-state index contributed by atoms with van der Waals surface area (Å²) in [4.78, 5) is 2.63. The molecule has 0 spiro atoms. The fraction of sp³-hybridized carbons (Fsp3) is 0. The van der Waals surface area contributed by atoms with E-state index in [1.807, 2.05) is 0 Å². The normalized spacial score (nSPS) is 12.9. The molecule has 3 heteroatoms. The molecule has 0 saturated carbocycles. The number of nitrogens with zero attached hydrogens (tertiary/aromatic N) is 2. The molecular weight excluding hydrogens is 880 g/mol. The molecule has 2 nitrogen and oxygen atoms in total. The van der Waals surface area contributed by atoms with Crippen molar-refractivity contribution in [1.82, 2.24) is 4.48 Å². The molecule has 0 atom stereocenters. The molecule has 2 aliphatic rings. The van der Waals surface area contributed by atoms with Gasteiger partial charge in [-0.05, 0) is 163 Å². The van der Waals surface area contributed by atoms with E-state index in [-0.39, 0.29) is 6.85 Å². The molecule has 2 aliphatic heterocycles. The Labute approximate surface area is 421 Å². The van der Waals surface area contributed by atoms with Crippen LogP contribution in [0.4, 0.5) is 17.1 Å². The first-order valence-corrected chi connectivity index (χ1v) is 25.5. The Morgan fingerprint density at radius 2 is 0.781 bits per heavy atom. The highest BCUT2D eigenvalue weighted by atomic mass is 15.2. The van der Waals surface area contributed by atoms with Gasteiger partial charge in [0.25, 0.3) is 0 Å². The van der Waals surface area contributed by atoms with Crippen LogP contribution in [-0.4, -0.2) is 11.3 Å². The van der Waals surface area contributed by atoms with E-state index in [0.717, 1.165) is 5.69 Å². The minimum absolute atomic E-state index is 0.140. The van der Waals surface area contributed by atoms with Crippen LogP contribution in [0.15, 0.2) is 249 Å². The van der Waals surface area contributed by atoms with E-state index in [4.69, 9.17) is 0 Å². The largest absolute Gasteiger partial charge is 0.375 e. The minimum atomic E-state index is -0.140. The topological polar surface area (TPSA) is 8.17 Å². The molecule has 0 unspecified atom stereocenters. The fourth-order valence-corrected chi connectivity index (χ4v) is 13.6. The van der Waals surface area contributed by atoms with Crippen LogP contribution in [0.25, 0.3) is 131 Å². The van der Waals surface area contributed by atoms with Gasteiger partial charge in [-0.1, -0.05) is 200 Å². The molecule has 0 fully saturated rings. The average molecular weight is 921 g/mol. The highest BCUT2D eigenvalue weighted by Gasteiger charge is 2.44. The first kappa shape index (κ1) is 39.3. The summed E-state index contributed by atoms with van der Waals surface area (Å²) in [6, 6.07) is 93.9. The van der Waals surface area contributed by atoms with Gasteiger partial charge >= 0.3 is 6.85 Å². The maximum Gasteiger partial charge on any atom is 0.333 e. The van der Waals surface area contributed by atoms with Crippen molar-refractivity contribution in [3.05, 3.63) is 249 Å². The lowest BCUT2D eigenvalue weighted by Crippen LogP contribution is -2.56. The van der Waals surface area contributed by atoms with Crippen LogP contribution in [0.2, 0.25) is 0 Å². The van der Waals surface area contributed by atoms with Crippen LogP contribution in [0.3, 0.4) is 0 Å². The molecule has 14 aromatic carbocycles. The van der Waals surface area contributed by atoms with E-state index >= 15 is 0 Å². The van der Waals surface area contributed by atoms with Crippen molar-refractivity contribution in [3.8, 4) is 33.4 Å². The summed E-state index contributed by atoms with van der Waals surface area (Å²) in [7, 11) is 0. The zero-order valence-corrected chi connectivity index (χ0v) is 39.6. The van der Waals surface area contributed by atoms with Gasteiger partial charge in [0, 0.05) is 44.4 Å². The SMILES string of the molecule is c1ccc(-c2ccc3c(c2)c2cc(-c4ccccc4)cc4c2n3B2c3cc5c6ccccc6c6ccccc6c5cc3N(c3ccc5c6ccccc6c6ccccc6c5c3)c3cc5ccccc5c-4c32)cc1. The highest BCUT2D eigenvalue weighted by Crippen LogP contribution is 2.51. The number of aromatic nitrogens is 1. The number of anilines is 3. The molecule has 73 heavy (non-hydrogen) atoms. The van der Waals surface area contributed by atoms with Gasteiger partial charge in [-0.25, -0.2) is 0 Å². The summed E-state index contributed by atoms with van der Waals surface area (Å²) < 4.78 is 2.73. The molecule has 15 aromatic rings. The Morgan fingerprint density at radius 1 is 0.288 bits per heavy atom. The molecule has 0 aliphatic carbocycles. The summed E-state index contributed by atoms with van der Waals surface area (Å²) >= 11 is 0. The molecule has 0 N–H and O–H groups in total. The summed E-state index contributed by atoms with van der Waals surface area (Å²) in [6.45, 7) is -0.140. The molecule has 0 amide bonds. The number of benzene rings is 14. The third-order valence-corrected chi connectivity index (χ3v) is 16.6. The quantitative estimate of drug-likeness (QED) is 0.127. The highest BCUT2D eigenvalue weighted by molar-refractivity contribution is 6.90. The van der Waals surface area contributed by atoms with Crippen LogP contribution >= 0.6 is 0 Å². The van der Waals surface area contributed by atoms with Crippen LogP contribution < -0.4 is 15.8 Å². The fourth-order valence-electron chi connectivity index (χ4n) is 13.6. The molecule has 0 saturated heterocycles.